The lowest BCUT2D eigenvalue weighted by Gasteiger charge is -2.24. The van der Waals surface area contributed by atoms with Crippen molar-refractivity contribution in [2.75, 3.05) is 5.73 Å². The van der Waals surface area contributed by atoms with Crippen molar-refractivity contribution in [3.63, 3.8) is 0 Å². The van der Waals surface area contributed by atoms with Crippen LogP contribution in [0, 0.1) is 5.82 Å². The zero-order valence-electron chi connectivity index (χ0n) is 10.4. The van der Waals surface area contributed by atoms with E-state index in [1.54, 1.807) is 6.20 Å². The Morgan fingerprint density at radius 2 is 2.06 bits per heavy atom. The molecule has 3 heteroatoms. The van der Waals surface area contributed by atoms with Crippen LogP contribution in [0.3, 0.4) is 0 Å². The molecular weight excluding hydrogens is 215 g/mol. The normalized spacial score (nSPS) is 12.0. The number of hydrogen-bond acceptors (Lipinski definition) is 2. The predicted octanol–water partition coefficient (Wildman–Crippen LogP) is 3.64. The van der Waals surface area contributed by atoms with Crippen molar-refractivity contribution in [1.29, 1.82) is 0 Å². The van der Waals surface area contributed by atoms with E-state index in [9.17, 15) is 4.39 Å². The molecule has 90 valence electrons. The molecular formula is C14H17FN2. The van der Waals surface area contributed by atoms with Crippen LogP contribution in [-0.2, 0) is 5.41 Å². The summed E-state index contributed by atoms with van der Waals surface area (Å²) in [5, 5.41) is 1.62. The van der Waals surface area contributed by atoms with Gasteiger partial charge in [-0.25, -0.2) is 9.37 Å². The SMILES string of the molecule is CCC(C)(C)c1cc2ccnc(N)c2cc1F. The molecule has 0 saturated carbocycles. The molecule has 1 aromatic carbocycles. The van der Waals surface area contributed by atoms with Gasteiger partial charge in [0.05, 0.1) is 0 Å². The molecule has 0 saturated heterocycles. The molecule has 2 aromatic rings. The second kappa shape index (κ2) is 3.99. The zero-order chi connectivity index (χ0) is 12.6. The third-order valence-electron chi connectivity index (χ3n) is 3.50. The van der Waals surface area contributed by atoms with E-state index in [0.717, 1.165) is 17.4 Å². The van der Waals surface area contributed by atoms with Crippen molar-refractivity contribution in [3.8, 4) is 0 Å². The van der Waals surface area contributed by atoms with E-state index in [-0.39, 0.29) is 11.2 Å². The Balaban J connectivity index is 2.73. The third kappa shape index (κ3) is 1.97. The maximum atomic E-state index is 14.1. The minimum atomic E-state index is -0.205. The largest absolute Gasteiger partial charge is 0.383 e. The van der Waals surface area contributed by atoms with Crippen molar-refractivity contribution in [1.82, 2.24) is 4.98 Å². The third-order valence-corrected chi connectivity index (χ3v) is 3.50. The Kier molecular flexibility index (Phi) is 2.77. The van der Waals surface area contributed by atoms with Crippen LogP contribution in [-0.4, -0.2) is 4.98 Å². The van der Waals surface area contributed by atoms with E-state index in [4.69, 9.17) is 5.73 Å². The van der Waals surface area contributed by atoms with Gasteiger partial charge >= 0.3 is 0 Å². The van der Waals surface area contributed by atoms with Gasteiger partial charge in [0.25, 0.3) is 0 Å². The monoisotopic (exact) mass is 232 g/mol. The first-order chi connectivity index (χ1) is 7.95. The van der Waals surface area contributed by atoms with Gasteiger partial charge in [-0.2, -0.15) is 0 Å². The molecule has 0 aliphatic carbocycles. The van der Waals surface area contributed by atoms with Crippen LogP contribution in [0.5, 0.6) is 0 Å². The summed E-state index contributed by atoms with van der Waals surface area (Å²) >= 11 is 0. The van der Waals surface area contributed by atoms with Crippen LogP contribution in [0.1, 0.15) is 32.8 Å². The summed E-state index contributed by atoms with van der Waals surface area (Å²) in [6.07, 6.45) is 2.54. The number of nitrogens with zero attached hydrogens (tertiary/aromatic N) is 1. The minimum Gasteiger partial charge on any atom is -0.383 e. The molecule has 0 fully saturated rings. The molecule has 1 aromatic heterocycles. The zero-order valence-corrected chi connectivity index (χ0v) is 10.4. The Morgan fingerprint density at radius 3 is 2.71 bits per heavy atom. The summed E-state index contributed by atoms with van der Waals surface area (Å²) < 4.78 is 14.1. The minimum absolute atomic E-state index is 0.170. The summed E-state index contributed by atoms with van der Waals surface area (Å²) in [7, 11) is 0. The first-order valence-corrected chi connectivity index (χ1v) is 5.80. The second-order valence-electron chi connectivity index (χ2n) is 4.99. The molecule has 0 aliphatic rings. The average molecular weight is 232 g/mol. The molecule has 2 N–H and O–H groups in total. The highest BCUT2D eigenvalue weighted by Crippen LogP contribution is 2.32. The highest BCUT2D eigenvalue weighted by Gasteiger charge is 2.22. The molecule has 17 heavy (non-hydrogen) atoms. The smallest absolute Gasteiger partial charge is 0.131 e. The predicted molar refractivity (Wildman–Crippen MR) is 69.4 cm³/mol. The Morgan fingerprint density at radius 1 is 1.35 bits per heavy atom. The molecule has 0 aliphatic heterocycles. The van der Waals surface area contributed by atoms with Gasteiger partial charge in [-0.3, -0.25) is 0 Å². The number of nitrogens with two attached hydrogens (primary N) is 1. The molecule has 0 atom stereocenters. The summed E-state index contributed by atoms with van der Waals surface area (Å²) in [6, 6.07) is 5.23. The van der Waals surface area contributed by atoms with Crippen LogP contribution in [0.4, 0.5) is 10.2 Å². The molecule has 0 bridgehead atoms. The van der Waals surface area contributed by atoms with E-state index < -0.39 is 0 Å². The van der Waals surface area contributed by atoms with Crippen LogP contribution in [0.2, 0.25) is 0 Å². The lowest BCUT2D eigenvalue weighted by molar-refractivity contribution is 0.470. The van der Waals surface area contributed by atoms with Crippen molar-refractivity contribution >= 4 is 16.6 Å². The molecule has 0 spiro atoms. The Hall–Kier alpha value is -1.64. The summed E-state index contributed by atoms with van der Waals surface area (Å²) in [5.41, 5.74) is 6.30. The lowest BCUT2D eigenvalue weighted by Crippen LogP contribution is -2.17. The number of nitrogen functional groups attached to an aromatic ring is 1. The van der Waals surface area contributed by atoms with Gasteiger partial charge in [-0.15, -0.1) is 0 Å². The van der Waals surface area contributed by atoms with E-state index in [0.29, 0.717) is 11.2 Å². The van der Waals surface area contributed by atoms with Gasteiger partial charge in [-0.1, -0.05) is 20.8 Å². The van der Waals surface area contributed by atoms with E-state index >= 15 is 0 Å². The summed E-state index contributed by atoms with van der Waals surface area (Å²) in [5.74, 6) is 0.173. The van der Waals surface area contributed by atoms with Gasteiger partial charge in [0, 0.05) is 11.6 Å². The van der Waals surface area contributed by atoms with Crippen LogP contribution >= 0.6 is 0 Å². The molecule has 2 nitrogen and oxygen atoms in total. The maximum Gasteiger partial charge on any atom is 0.131 e. The topological polar surface area (TPSA) is 38.9 Å². The van der Waals surface area contributed by atoms with E-state index in [2.05, 4.69) is 11.9 Å². The fourth-order valence-corrected chi connectivity index (χ4v) is 1.93. The standard InChI is InChI=1S/C14H17FN2/c1-4-14(2,3)11-7-9-5-6-17-13(16)10(9)8-12(11)15/h5-8H,4H2,1-3H3,(H2,16,17). The van der Waals surface area contributed by atoms with Crippen molar-refractivity contribution < 1.29 is 4.39 Å². The molecule has 0 amide bonds. The first kappa shape index (κ1) is 11.8. The maximum absolute atomic E-state index is 14.1. The fraction of sp³-hybridized carbons (Fsp3) is 0.357. The summed E-state index contributed by atoms with van der Waals surface area (Å²) in [6.45, 7) is 6.15. The average Bonchev–Trinajstić information content (AvgIpc) is 2.29. The first-order valence-electron chi connectivity index (χ1n) is 5.80. The fourth-order valence-electron chi connectivity index (χ4n) is 1.93. The number of hydrogen-bond donors (Lipinski definition) is 1. The van der Waals surface area contributed by atoms with E-state index in [1.165, 1.54) is 6.07 Å². The molecule has 0 unspecified atom stereocenters. The van der Waals surface area contributed by atoms with Crippen LogP contribution in [0.25, 0.3) is 10.8 Å². The lowest BCUT2D eigenvalue weighted by atomic mass is 9.81. The van der Waals surface area contributed by atoms with Gasteiger partial charge in [0.1, 0.15) is 11.6 Å². The Bertz CT molecular complexity index is 561. The van der Waals surface area contributed by atoms with Gasteiger partial charge in [0.15, 0.2) is 0 Å². The number of halogens is 1. The van der Waals surface area contributed by atoms with Gasteiger partial charge in [0.2, 0.25) is 0 Å². The van der Waals surface area contributed by atoms with Crippen molar-refractivity contribution in [3.05, 3.63) is 35.8 Å². The quantitative estimate of drug-likeness (QED) is 0.858. The van der Waals surface area contributed by atoms with Gasteiger partial charge < -0.3 is 5.73 Å². The number of anilines is 1. The number of fused-ring (bicyclic) bond motifs is 1. The van der Waals surface area contributed by atoms with Crippen LogP contribution < -0.4 is 5.73 Å². The van der Waals surface area contributed by atoms with E-state index in [1.807, 2.05) is 26.0 Å². The highest BCUT2D eigenvalue weighted by atomic mass is 19.1. The number of rotatable bonds is 2. The highest BCUT2D eigenvalue weighted by molar-refractivity contribution is 5.91. The Labute approximate surface area is 101 Å². The molecule has 1 heterocycles. The van der Waals surface area contributed by atoms with Crippen molar-refractivity contribution in [2.45, 2.75) is 32.6 Å². The van der Waals surface area contributed by atoms with Gasteiger partial charge in [-0.05, 0) is 41.0 Å². The number of pyridine rings is 1. The summed E-state index contributed by atoms with van der Waals surface area (Å²) in [4.78, 5) is 3.97. The molecule has 2 rings (SSSR count). The number of benzene rings is 1. The van der Waals surface area contributed by atoms with Crippen molar-refractivity contribution in [2.24, 2.45) is 0 Å². The number of aromatic nitrogens is 1. The second-order valence-corrected chi connectivity index (χ2v) is 4.99. The molecule has 0 radical (unpaired) electrons. The van der Waals surface area contributed by atoms with Crippen LogP contribution in [0.15, 0.2) is 24.4 Å².